The fourth-order valence-electron chi connectivity index (χ4n) is 4.04. The fraction of sp³-hybridized carbons (Fsp3) is 0.476. The summed E-state index contributed by atoms with van der Waals surface area (Å²) >= 11 is 0. The maximum atomic E-state index is 12.9. The summed E-state index contributed by atoms with van der Waals surface area (Å²) < 4.78 is 0. The molecule has 1 fully saturated rings. The molecular weight excluding hydrogens is 282 g/mol. The highest BCUT2D eigenvalue weighted by molar-refractivity contribution is 6.07. The van der Waals surface area contributed by atoms with Crippen molar-refractivity contribution < 1.29 is 4.79 Å². The van der Waals surface area contributed by atoms with Crippen LogP contribution in [0.15, 0.2) is 42.5 Å². The van der Waals surface area contributed by atoms with E-state index in [0.29, 0.717) is 23.8 Å². The zero-order chi connectivity index (χ0) is 16.4. The highest BCUT2D eigenvalue weighted by atomic mass is 16.1. The zero-order valence-electron chi connectivity index (χ0n) is 14.4. The van der Waals surface area contributed by atoms with Crippen LogP contribution in [0.2, 0.25) is 0 Å². The molecule has 1 saturated carbocycles. The van der Waals surface area contributed by atoms with Crippen LogP contribution < -0.4 is 5.32 Å². The molecule has 2 heteroatoms. The molecule has 0 aromatic heterocycles. The Bertz CT molecular complexity index is 686. The first-order valence-electron chi connectivity index (χ1n) is 8.85. The lowest BCUT2D eigenvalue weighted by atomic mass is 9.74. The van der Waals surface area contributed by atoms with Crippen LogP contribution in [0.3, 0.4) is 0 Å². The van der Waals surface area contributed by atoms with Crippen molar-refractivity contribution in [1.29, 1.82) is 0 Å². The molecule has 0 spiro atoms. The Morgan fingerprint density at radius 1 is 1.09 bits per heavy atom. The summed E-state index contributed by atoms with van der Waals surface area (Å²) in [4.78, 5) is 12.9. The van der Waals surface area contributed by atoms with Gasteiger partial charge in [0.05, 0.1) is 0 Å². The van der Waals surface area contributed by atoms with Crippen LogP contribution in [0, 0.1) is 17.8 Å². The van der Waals surface area contributed by atoms with E-state index in [2.05, 4.69) is 38.2 Å². The van der Waals surface area contributed by atoms with Crippen molar-refractivity contribution in [3.63, 3.8) is 0 Å². The van der Waals surface area contributed by atoms with Crippen LogP contribution in [-0.2, 0) is 0 Å². The minimum atomic E-state index is 0.0755. The molecule has 3 rings (SSSR count). The topological polar surface area (TPSA) is 29.1 Å². The SMILES string of the molecule is CC1CCC(C(C)C)C(NC(=O)c2cccc3ccccc23)C1. The summed E-state index contributed by atoms with van der Waals surface area (Å²) in [5.41, 5.74) is 0.795. The van der Waals surface area contributed by atoms with E-state index in [9.17, 15) is 4.79 Å². The van der Waals surface area contributed by atoms with E-state index >= 15 is 0 Å². The predicted molar refractivity (Wildman–Crippen MR) is 96.5 cm³/mol. The first-order chi connectivity index (χ1) is 11.1. The number of rotatable bonds is 3. The molecule has 2 aromatic carbocycles. The van der Waals surface area contributed by atoms with Gasteiger partial charge in [-0.2, -0.15) is 0 Å². The lowest BCUT2D eigenvalue weighted by molar-refractivity contribution is 0.0869. The van der Waals surface area contributed by atoms with E-state index in [4.69, 9.17) is 0 Å². The van der Waals surface area contributed by atoms with E-state index in [1.165, 1.54) is 12.8 Å². The van der Waals surface area contributed by atoms with Crippen molar-refractivity contribution in [3.8, 4) is 0 Å². The van der Waals surface area contributed by atoms with Gasteiger partial charge < -0.3 is 5.32 Å². The second kappa shape index (κ2) is 6.74. The summed E-state index contributed by atoms with van der Waals surface area (Å²) in [6, 6.07) is 14.4. The number of hydrogen-bond donors (Lipinski definition) is 1. The molecule has 0 bridgehead atoms. The molecule has 1 N–H and O–H groups in total. The third-order valence-corrected chi connectivity index (χ3v) is 5.37. The zero-order valence-corrected chi connectivity index (χ0v) is 14.4. The molecule has 0 aliphatic heterocycles. The average molecular weight is 309 g/mol. The van der Waals surface area contributed by atoms with Crippen LogP contribution in [-0.4, -0.2) is 11.9 Å². The minimum Gasteiger partial charge on any atom is -0.349 e. The Balaban J connectivity index is 1.84. The monoisotopic (exact) mass is 309 g/mol. The number of amides is 1. The average Bonchev–Trinajstić information content (AvgIpc) is 2.54. The quantitative estimate of drug-likeness (QED) is 0.846. The third kappa shape index (κ3) is 3.41. The molecule has 122 valence electrons. The number of hydrogen-bond acceptors (Lipinski definition) is 1. The van der Waals surface area contributed by atoms with Gasteiger partial charge in [0.2, 0.25) is 0 Å². The first kappa shape index (κ1) is 16.0. The fourth-order valence-corrected chi connectivity index (χ4v) is 4.04. The third-order valence-electron chi connectivity index (χ3n) is 5.37. The maximum absolute atomic E-state index is 12.9. The highest BCUT2D eigenvalue weighted by Gasteiger charge is 2.32. The molecule has 2 nitrogen and oxygen atoms in total. The first-order valence-corrected chi connectivity index (χ1v) is 8.85. The lowest BCUT2D eigenvalue weighted by Crippen LogP contribution is -2.45. The van der Waals surface area contributed by atoms with Crippen molar-refractivity contribution in [2.45, 2.75) is 46.1 Å². The Morgan fingerprint density at radius 3 is 2.61 bits per heavy atom. The van der Waals surface area contributed by atoms with Crippen LogP contribution >= 0.6 is 0 Å². The van der Waals surface area contributed by atoms with Crippen LogP contribution in [0.1, 0.15) is 50.4 Å². The van der Waals surface area contributed by atoms with Gasteiger partial charge in [-0.1, -0.05) is 63.6 Å². The summed E-state index contributed by atoms with van der Waals surface area (Å²) in [6.45, 7) is 6.85. The second-order valence-electron chi connectivity index (χ2n) is 7.43. The molecule has 1 aliphatic carbocycles. The Morgan fingerprint density at radius 2 is 1.83 bits per heavy atom. The van der Waals surface area contributed by atoms with Crippen LogP contribution in [0.5, 0.6) is 0 Å². The van der Waals surface area contributed by atoms with Gasteiger partial charge in [0.25, 0.3) is 5.91 Å². The smallest absolute Gasteiger partial charge is 0.252 e. The van der Waals surface area contributed by atoms with Gasteiger partial charge in [-0.25, -0.2) is 0 Å². The minimum absolute atomic E-state index is 0.0755. The lowest BCUT2D eigenvalue weighted by Gasteiger charge is -2.37. The summed E-state index contributed by atoms with van der Waals surface area (Å²) in [5, 5.41) is 5.51. The van der Waals surface area contributed by atoms with Crippen molar-refractivity contribution in [2.24, 2.45) is 17.8 Å². The van der Waals surface area contributed by atoms with E-state index < -0.39 is 0 Å². The van der Waals surface area contributed by atoms with E-state index in [-0.39, 0.29) is 5.91 Å². The molecule has 1 amide bonds. The van der Waals surface area contributed by atoms with Crippen LogP contribution in [0.4, 0.5) is 0 Å². The number of benzene rings is 2. The molecule has 2 aromatic rings. The van der Waals surface area contributed by atoms with Gasteiger partial charge in [0, 0.05) is 11.6 Å². The van der Waals surface area contributed by atoms with Crippen LogP contribution in [0.25, 0.3) is 10.8 Å². The Hall–Kier alpha value is -1.83. The molecule has 23 heavy (non-hydrogen) atoms. The number of fused-ring (bicyclic) bond motifs is 1. The van der Waals surface area contributed by atoms with Crippen molar-refractivity contribution in [3.05, 3.63) is 48.0 Å². The molecule has 0 saturated heterocycles. The summed E-state index contributed by atoms with van der Waals surface area (Å²) in [5.74, 6) is 1.97. The van der Waals surface area contributed by atoms with E-state index in [1.54, 1.807) is 0 Å². The van der Waals surface area contributed by atoms with Gasteiger partial charge in [-0.05, 0) is 47.4 Å². The van der Waals surface area contributed by atoms with Crippen molar-refractivity contribution >= 4 is 16.7 Å². The van der Waals surface area contributed by atoms with E-state index in [1.807, 2.05) is 30.3 Å². The molecule has 1 aliphatic rings. The molecule has 0 heterocycles. The van der Waals surface area contributed by atoms with Crippen molar-refractivity contribution in [1.82, 2.24) is 5.32 Å². The highest BCUT2D eigenvalue weighted by Crippen LogP contribution is 2.33. The molecular formula is C21H27NO. The molecule has 0 radical (unpaired) electrons. The maximum Gasteiger partial charge on any atom is 0.252 e. The van der Waals surface area contributed by atoms with Gasteiger partial charge in [-0.3, -0.25) is 4.79 Å². The Labute approximate surface area is 139 Å². The van der Waals surface area contributed by atoms with Crippen molar-refractivity contribution in [2.75, 3.05) is 0 Å². The number of carbonyl (C=O) groups excluding carboxylic acids is 1. The normalized spacial score (nSPS) is 24.8. The molecule has 3 atom stereocenters. The number of nitrogens with one attached hydrogen (secondary N) is 1. The summed E-state index contributed by atoms with van der Waals surface area (Å²) in [7, 11) is 0. The number of carbonyl (C=O) groups is 1. The van der Waals surface area contributed by atoms with Gasteiger partial charge in [-0.15, -0.1) is 0 Å². The standard InChI is InChI=1S/C21H27NO/c1-14(2)17-12-11-15(3)13-20(17)22-21(23)19-10-6-8-16-7-4-5-9-18(16)19/h4-10,14-15,17,20H,11-13H2,1-3H3,(H,22,23). The Kier molecular flexibility index (Phi) is 4.70. The predicted octanol–water partition coefficient (Wildman–Crippen LogP) is 5.03. The van der Waals surface area contributed by atoms with Gasteiger partial charge >= 0.3 is 0 Å². The van der Waals surface area contributed by atoms with Gasteiger partial charge in [0.15, 0.2) is 0 Å². The van der Waals surface area contributed by atoms with E-state index in [0.717, 1.165) is 22.8 Å². The summed E-state index contributed by atoms with van der Waals surface area (Å²) in [6.07, 6.45) is 3.60. The largest absolute Gasteiger partial charge is 0.349 e. The second-order valence-corrected chi connectivity index (χ2v) is 7.43. The molecule has 3 unspecified atom stereocenters. The van der Waals surface area contributed by atoms with Gasteiger partial charge in [0.1, 0.15) is 0 Å².